The van der Waals surface area contributed by atoms with Crippen LogP contribution in [0.3, 0.4) is 0 Å². The molecule has 0 aliphatic heterocycles. The number of nitriles is 1. The molecule has 3 heterocycles. The maximum Gasteiger partial charge on any atom is 0.417 e. The number of carbonyl (C=O) groups excluding carboxylic acids is 1. The van der Waals surface area contributed by atoms with Gasteiger partial charge in [0.2, 0.25) is 0 Å². The predicted molar refractivity (Wildman–Crippen MR) is 182 cm³/mol. The Balaban J connectivity index is 1.48. The van der Waals surface area contributed by atoms with Crippen LogP contribution in [0.25, 0.3) is 21.7 Å². The van der Waals surface area contributed by atoms with E-state index in [0.717, 1.165) is 19.3 Å². The Morgan fingerprint density at radius 1 is 1.23 bits per heavy atom. The number of pyridine rings is 2. The molecule has 2 N–H and O–H groups in total. The van der Waals surface area contributed by atoms with Crippen LogP contribution < -0.4 is 15.8 Å². The lowest BCUT2D eigenvalue weighted by Gasteiger charge is -2.61. The van der Waals surface area contributed by atoms with Crippen molar-refractivity contribution < 1.29 is 14.6 Å². The number of benzene rings is 2. The van der Waals surface area contributed by atoms with E-state index in [9.17, 15) is 20.0 Å². The molecule has 2 bridgehead atoms. The molecule has 3 aliphatic rings. The zero-order chi connectivity index (χ0) is 34.0. The number of aromatic nitrogens is 5. The largest absolute Gasteiger partial charge is 0.422 e. The molecule has 0 spiro atoms. The molecule has 0 saturated heterocycles. The summed E-state index contributed by atoms with van der Waals surface area (Å²) in [5.41, 5.74) is 2.20. The van der Waals surface area contributed by atoms with E-state index in [2.05, 4.69) is 47.5 Å². The van der Waals surface area contributed by atoms with E-state index >= 15 is 0 Å². The van der Waals surface area contributed by atoms with E-state index in [1.165, 1.54) is 15.7 Å². The minimum atomic E-state index is -0.965. The summed E-state index contributed by atoms with van der Waals surface area (Å²) < 4.78 is 8.65. The normalized spacial score (nSPS) is 18.9. The number of ether oxygens (including phenoxy) is 1. The first-order valence-corrected chi connectivity index (χ1v) is 16.1. The molecule has 1 amide bonds. The lowest BCUT2D eigenvalue weighted by molar-refractivity contribution is -0.0989. The van der Waals surface area contributed by atoms with Gasteiger partial charge in [-0.2, -0.15) is 5.26 Å². The molecular weight excluding hydrogens is 632 g/mol. The number of nitrogens with zero attached hydrogens (tertiary/aromatic N) is 7. The summed E-state index contributed by atoms with van der Waals surface area (Å²) in [5.74, 6) is 0.700. The van der Waals surface area contributed by atoms with Gasteiger partial charge in [0.15, 0.2) is 6.79 Å². The van der Waals surface area contributed by atoms with Gasteiger partial charge in [0, 0.05) is 36.8 Å². The Morgan fingerprint density at radius 2 is 2.00 bits per heavy atom. The molecule has 3 saturated carbocycles. The minimum Gasteiger partial charge on any atom is -0.422 e. The van der Waals surface area contributed by atoms with Gasteiger partial charge < -0.3 is 19.7 Å². The van der Waals surface area contributed by atoms with Crippen molar-refractivity contribution in [1.82, 2.24) is 24.5 Å². The van der Waals surface area contributed by atoms with Crippen molar-refractivity contribution >= 4 is 50.7 Å². The number of aliphatic hydroxyl groups excluding tert-OH is 1. The third kappa shape index (κ3) is 5.23. The number of aryl methyl sites for hydroxylation is 1. The molecule has 246 valence electrons. The van der Waals surface area contributed by atoms with E-state index in [4.69, 9.17) is 16.3 Å². The van der Waals surface area contributed by atoms with Crippen LogP contribution in [0.4, 0.5) is 16.2 Å². The first-order valence-electron chi connectivity index (χ1n) is 15.8. The number of rotatable bonds is 8. The van der Waals surface area contributed by atoms with Crippen molar-refractivity contribution in [2.75, 3.05) is 23.6 Å². The number of fused-ring (bicyclic) bond motifs is 2. The smallest absolute Gasteiger partial charge is 0.417 e. The maximum absolute atomic E-state index is 14.1. The average molecular weight is 667 g/mol. The Bertz CT molecular complexity index is 2180. The third-order valence-electron chi connectivity index (χ3n) is 9.48. The van der Waals surface area contributed by atoms with Crippen LogP contribution in [0.1, 0.15) is 62.9 Å². The van der Waals surface area contributed by atoms with E-state index in [0.29, 0.717) is 62.3 Å². The Labute approximate surface area is 281 Å². The zero-order valence-corrected chi connectivity index (χ0v) is 27.8. The predicted octanol–water partition coefficient (Wildman–Crippen LogP) is 5.85. The van der Waals surface area contributed by atoms with Gasteiger partial charge in [-0.1, -0.05) is 49.7 Å². The van der Waals surface area contributed by atoms with E-state index < -0.39 is 18.9 Å². The summed E-state index contributed by atoms with van der Waals surface area (Å²) in [6.07, 6.45) is 7.20. The van der Waals surface area contributed by atoms with Crippen molar-refractivity contribution in [3.05, 3.63) is 87.2 Å². The van der Waals surface area contributed by atoms with E-state index in [1.54, 1.807) is 37.5 Å². The SMILES string of the molecule is Cn1ccc2c([C@@H](c3cn(C45CC(C4)C5)nn3)N(C(=O)OCO)c3cc(Cl)c4ncc(C#N)c(NCC(C)(C)C)c4c3)cccc2c1=O. The van der Waals surface area contributed by atoms with Gasteiger partial charge in [-0.05, 0) is 65.8 Å². The number of hydrogen-bond acceptors (Lipinski definition) is 9. The summed E-state index contributed by atoms with van der Waals surface area (Å²) in [6.45, 7) is 5.88. The molecule has 3 aromatic heterocycles. The van der Waals surface area contributed by atoms with Gasteiger partial charge in [0.05, 0.1) is 39.2 Å². The molecule has 2 aromatic carbocycles. The van der Waals surface area contributed by atoms with Crippen molar-refractivity contribution in [2.24, 2.45) is 18.4 Å². The first-order chi connectivity index (χ1) is 22.9. The molecule has 0 unspecified atom stereocenters. The van der Waals surface area contributed by atoms with Gasteiger partial charge in [0.1, 0.15) is 17.8 Å². The van der Waals surface area contributed by atoms with Crippen LogP contribution in [-0.2, 0) is 17.3 Å². The first kappa shape index (κ1) is 31.6. The van der Waals surface area contributed by atoms with Crippen molar-refractivity contribution in [2.45, 2.75) is 51.6 Å². The van der Waals surface area contributed by atoms with Crippen LogP contribution in [0.15, 0.2) is 59.8 Å². The van der Waals surface area contributed by atoms with Crippen LogP contribution in [0.2, 0.25) is 5.02 Å². The number of carbonyl (C=O) groups is 1. The molecule has 48 heavy (non-hydrogen) atoms. The molecule has 3 aliphatic carbocycles. The number of nitrogens with one attached hydrogen (secondary N) is 1. The second-order valence-corrected chi connectivity index (χ2v) is 14.4. The standard InChI is InChI=1S/C35H35ClN8O4/c1-34(2,3)18-39-29-21(15-37)16-38-30-26(29)10-22(11-27(30)36)44(33(47)48-19-45)31(28-17-43(41-40-28)35-12-20(13-35)14-35)24-6-5-7-25-23(24)8-9-42(4)32(25)46/h5-11,16-17,20,31,45H,12-14,18-19H2,1-4H3,(H,38,39)/t20?,31-,35?/m0/s1. The number of amides is 1. The van der Waals surface area contributed by atoms with Gasteiger partial charge in [0.25, 0.3) is 5.56 Å². The van der Waals surface area contributed by atoms with Crippen LogP contribution in [0, 0.1) is 22.7 Å². The summed E-state index contributed by atoms with van der Waals surface area (Å²) >= 11 is 6.89. The monoisotopic (exact) mass is 666 g/mol. The molecule has 8 rings (SSSR count). The highest BCUT2D eigenvalue weighted by Crippen LogP contribution is 2.62. The van der Waals surface area contributed by atoms with Gasteiger partial charge >= 0.3 is 6.09 Å². The van der Waals surface area contributed by atoms with Crippen LogP contribution in [-0.4, -0.2) is 49.1 Å². The Kier molecular flexibility index (Phi) is 7.64. The molecule has 5 aromatic rings. The fourth-order valence-corrected chi connectivity index (χ4v) is 7.18. The second-order valence-electron chi connectivity index (χ2n) is 14.0. The lowest BCUT2D eigenvalue weighted by atomic mass is 9.50. The lowest BCUT2D eigenvalue weighted by Crippen LogP contribution is -2.59. The van der Waals surface area contributed by atoms with E-state index in [1.807, 2.05) is 23.0 Å². The summed E-state index contributed by atoms with van der Waals surface area (Å²) in [7, 11) is 1.68. The number of anilines is 2. The third-order valence-corrected chi connectivity index (χ3v) is 9.77. The number of halogens is 1. The molecule has 13 heteroatoms. The van der Waals surface area contributed by atoms with Crippen molar-refractivity contribution in [3.63, 3.8) is 0 Å². The highest BCUT2D eigenvalue weighted by molar-refractivity contribution is 6.36. The fourth-order valence-electron chi connectivity index (χ4n) is 6.91. The summed E-state index contributed by atoms with van der Waals surface area (Å²) in [5, 5.41) is 34.2. The van der Waals surface area contributed by atoms with Gasteiger partial charge in [-0.15, -0.1) is 5.10 Å². The molecular formula is C35H35ClN8O4. The zero-order valence-electron chi connectivity index (χ0n) is 27.1. The van der Waals surface area contributed by atoms with E-state index in [-0.39, 0.29) is 21.5 Å². The number of hydrogen-bond donors (Lipinski definition) is 2. The molecule has 0 radical (unpaired) electrons. The maximum atomic E-state index is 14.1. The Morgan fingerprint density at radius 3 is 2.67 bits per heavy atom. The van der Waals surface area contributed by atoms with Gasteiger partial charge in [-0.3, -0.25) is 14.7 Å². The topological polar surface area (TPSA) is 151 Å². The fraction of sp³-hybridized carbons (Fsp3) is 0.371. The van der Waals surface area contributed by atoms with Crippen LogP contribution >= 0.6 is 11.6 Å². The average Bonchev–Trinajstić information content (AvgIpc) is 3.47. The number of aliphatic hydroxyl groups is 1. The summed E-state index contributed by atoms with van der Waals surface area (Å²) in [4.78, 5) is 33.2. The molecule has 3 fully saturated rings. The van der Waals surface area contributed by atoms with Crippen molar-refractivity contribution in [3.8, 4) is 6.07 Å². The quantitative estimate of drug-likeness (QED) is 0.194. The minimum absolute atomic E-state index is 0.0785. The van der Waals surface area contributed by atoms with Crippen LogP contribution in [0.5, 0.6) is 0 Å². The highest BCUT2D eigenvalue weighted by atomic mass is 35.5. The molecule has 1 atom stereocenters. The highest BCUT2D eigenvalue weighted by Gasteiger charge is 2.59. The molecule has 12 nitrogen and oxygen atoms in total. The Hall–Kier alpha value is -4.99. The summed E-state index contributed by atoms with van der Waals surface area (Å²) in [6, 6.07) is 11.7. The second kappa shape index (κ2) is 11.6. The van der Waals surface area contributed by atoms with Crippen molar-refractivity contribution in [1.29, 1.82) is 5.26 Å². The van der Waals surface area contributed by atoms with Gasteiger partial charge in [-0.25, -0.2) is 9.48 Å².